The molecule has 0 spiro atoms. The monoisotopic (exact) mass is 500 g/mol. The zero-order chi connectivity index (χ0) is 25.5. The first-order valence-electron chi connectivity index (χ1n) is 14.3. The van der Waals surface area contributed by atoms with Crippen molar-refractivity contribution >= 4 is 0 Å². The van der Waals surface area contributed by atoms with Crippen molar-refractivity contribution in [1.29, 1.82) is 0 Å². The fourth-order valence-electron chi connectivity index (χ4n) is 6.69. The Morgan fingerprint density at radius 2 is 1.42 bits per heavy atom. The first-order valence-corrected chi connectivity index (χ1v) is 14.3. The number of benzene rings is 2. The summed E-state index contributed by atoms with van der Waals surface area (Å²) in [5, 5.41) is 0. The normalized spacial score (nSPS) is 25.0. The van der Waals surface area contributed by atoms with Crippen LogP contribution in [0.3, 0.4) is 0 Å². The molecule has 4 rings (SSSR count). The average Bonchev–Trinajstić information content (AvgIpc) is 2.89. The molecule has 2 aromatic rings. The summed E-state index contributed by atoms with van der Waals surface area (Å²) >= 11 is 0. The van der Waals surface area contributed by atoms with Crippen LogP contribution < -0.4 is 4.74 Å². The summed E-state index contributed by atoms with van der Waals surface area (Å²) in [7, 11) is 0. The summed E-state index contributed by atoms with van der Waals surface area (Å²) in [5.41, 5.74) is 2.78. The van der Waals surface area contributed by atoms with Gasteiger partial charge in [0.2, 0.25) is 0 Å². The van der Waals surface area contributed by atoms with Crippen molar-refractivity contribution in [3.8, 4) is 5.75 Å². The second-order valence-electron chi connectivity index (χ2n) is 11.3. The van der Waals surface area contributed by atoms with Crippen LogP contribution in [0.5, 0.6) is 5.75 Å². The minimum Gasteiger partial charge on any atom is -0.489 e. The summed E-state index contributed by atoms with van der Waals surface area (Å²) in [6.07, 6.45) is 11.5. The zero-order valence-electron chi connectivity index (χ0n) is 22.1. The fraction of sp³-hybridized carbons (Fsp3) is 0.625. The van der Waals surface area contributed by atoms with Crippen molar-refractivity contribution in [2.24, 2.45) is 17.8 Å². The van der Waals surface area contributed by atoms with Crippen molar-refractivity contribution in [2.75, 3.05) is 0 Å². The van der Waals surface area contributed by atoms with Crippen LogP contribution in [0.1, 0.15) is 113 Å². The lowest BCUT2D eigenvalue weighted by Crippen LogP contribution is -2.25. The van der Waals surface area contributed by atoms with Crippen LogP contribution in [0.2, 0.25) is 0 Å². The molecule has 0 bridgehead atoms. The van der Waals surface area contributed by atoms with Gasteiger partial charge in [0.1, 0.15) is 12.4 Å². The second-order valence-corrected chi connectivity index (χ2v) is 11.3. The van der Waals surface area contributed by atoms with E-state index in [1.807, 2.05) is 0 Å². The smallest absolute Gasteiger partial charge is 0.416 e. The quantitative estimate of drug-likeness (QED) is 0.333. The van der Waals surface area contributed by atoms with Crippen molar-refractivity contribution in [3.05, 3.63) is 64.7 Å². The van der Waals surface area contributed by atoms with Crippen LogP contribution in [0.25, 0.3) is 0 Å². The molecule has 0 radical (unpaired) electrons. The fourth-order valence-corrected chi connectivity index (χ4v) is 6.69. The van der Waals surface area contributed by atoms with E-state index in [0.717, 1.165) is 54.0 Å². The minimum absolute atomic E-state index is 0.278. The van der Waals surface area contributed by atoms with Gasteiger partial charge in [-0.3, -0.25) is 0 Å². The first-order chi connectivity index (χ1) is 17.4. The van der Waals surface area contributed by atoms with E-state index in [0.29, 0.717) is 5.92 Å². The molecule has 2 aromatic carbocycles. The van der Waals surface area contributed by atoms with Crippen molar-refractivity contribution in [1.82, 2.24) is 0 Å². The lowest BCUT2D eigenvalue weighted by Gasteiger charge is -2.38. The summed E-state index contributed by atoms with van der Waals surface area (Å²) in [6, 6.07) is 11.9. The van der Waals surface area contributed by atoms with Gasteiger partial charge in [-0.25, -0.2) is 0 Å². The molecule has 0 saturated heterocycles. The average molecular weight is 501 g/mol. The van der Waals surface area contributed by atoms with Gasteiger partial charge in [0.25, 0.3) is 0 Å². The number of aryl methyl sites for hydroxylation is 1. The predicted octanol–water partition coefficient (Wildman–Crippen LogP) is 10.1. The number of hydrogen-bond donors (Lipinski definition) is 0. The molecule has 198 valence electrons. The highest BCUT2D eigenvalue weighted by Gasteiger charge is 2.32. The summed E-state index contributed by atoms with van der Waals surface area (Å²) in [4.78, 5) is 0. The number of hydrogen-bond acceptors (Lipinski definition) is 1. The molecule has 0 amide bonds. The Morgan fingerprint density at radius 3 is 2.00 bits per heavy atom. The van der Waals surface area contributed by atoms with E-state index in [-0.39, 0.29) is 6.61 Å². The molecule has 1 nitrogen and oxygen atoms in total. The molecule has 0 N–H and O–H groups in total. The van der Waals surface area contributed by atoms with Crippen LogP contribution in [0.15, 0.2) is 42.5 Å². The number of rotatable bonds is 9. The van der Waals surface area contributed by atoms with E-state index in [2.05, 4.69) is 32.0 Å². The zero-order valence-corrected chi connectivity index (χ0v) is 22.1. The van der Waals surface area contributed by atoms with Crippen LogP contribution >= 0.6 is 0 Å². The van der Waals surface area contributed by atoms with E-state index in [1.54, 1.807) is 0 Å². The summed E-state index contributed by atoms with van der Waals surface area (Å²) in [5.74, 6) is 4.36. The van der Waals surface area contributed by atoms with Gasteiger partial charge < -0.3 is 4.74 Å². The van der Waals surface area contributed by atoms with Gasteiger partial charge >= 0.3 is 6.18 Å². The molecule has 0 aliphatic heterocycles. The summed E-state index contributed by atoms with van der Waals surface area (Å²) in [6.45, 7) is 4.77. The molecule has 4 heteroatoms. The Kier molecular flexibility index (Phi) is 9.41. The third kappa shape index (κ3) is 7.07. The number of ether oxygens (including phenoxy) is 1. The molecule has 36 heavy (non-hydrogen) atoms. The Hall–Kier alpha value is -1.97. The van der Waals surface area contributed by atoms with Gasteiger partial charge in [-0.15, -0.1) is 0 Å². The standard InChI is InChI=1S/C32H43F3O/c1-3-5-23-7-11-25(12-8-23)26-13-15-27(16-14-26)28-17-20-31(29(21-28)6-4-2)36-22-24-9-18-30(19-10-24)32(33,34)35/h9-10,17-21,23,25-27H,3-8,11-16,22H2,1-2H3. The Bertz CT molecular complexity index is 933. The maximum Gasteiger partial charge on any atom is 0.416 e. The first kappa shape index (κ1) is 27.1. The lowest BCUT2D eigenvalue weighted by molar-refractivity contribution is -0.137. The minimum atomic E-state index is -4.31. The van der Waals surface area contributed by atoms with Crippen molar-refractivity contribution in [2.45, 2.75) is 110 Å². The van der Waals surface area contributed by atoms with Crippen molar-refractivity contribution in [3.63, 3.8) is 0 Å². The molecule has 0 aromatic heterocycles. The Balaban J connectivity index is 1.32. The number of halogens is 3. The van der Waals surface area contributed by atoms with Crippen LogP contribution in [0, 0.1) is 17.8 Å². The van der Waals surface area contributed by atoms with Gasteiger partial charge in [0.05, 0.1) is 5.56 Å². The van der Waals surface area contributed by atoms with Crippen molar-refractivity contribution < 1.29 is 17.9 Å². The topological polar surface area (TPSA) is 9.23 Å². The molecule has 0 heterocycles. The van der Waals surface area contributed by atoms with Gasteiger partial charge in [0, 0.05) is 0 Å². The molecule has 0 atom stereocenters. The van der Waals surface area contributed by atoms with Gasteiger partial charge in [-0.2, -0.15) is 13.2 Å². The summed E-state index contributed by atoms with van der Waals surface area (Å²) < 4.78 is 44.6. The molecule has 2 aliphatic carbocycles. The second kappa shape index (κ2) is 12.5. The molecular weight excluding hydrogens is 457 g/mol. The van der Waals surface area contributed by atoms with E-state index >= 15 is 0 Å². The molecule has 2 fully saturated rings. The molecule has 0 unspecified atom stereocenters. The highest BCUT2D eigenvalue weighted by atomic mass is 19.4. The SMILES string of the molecule is CCCc1cc(C2CCC(C3CCC(CCC)CC3)CC2)ccc1OCc1ccc(C(F)(F)F)cc1. The van der Waals surface area contributed by atoms with Gasteiger partial charge in [-0.05, 0) is 104 Å². The third-order valence-electron chi connectivity index (χ3n) is 8.78. The van der Waals surface area contributed by atoms with Crippen LogP contribution in [-0.4, -0.2) is 0 Å². The third-order valence-corrected chi connectivity index (χ3v) is 8.78. The van der Waals surface area contributed by atoms with Gasteiger partial charge in [-0.1, -0.05) is 70.2 Å². The predicted molar refractivity (Wildman–Crippen MR) is 141 cm³/mol. The van der Waals surface area contributed by atoms with Crippen LogP contribution in [-0.2, 0) is 19.2 Å². The lowest BCUT2D eigenvalue weighted by atomic mass is 9.68. The van der Waals surface area contributed by atoms with E-state index in [9.17, 15) is 13.2 Å². The van der Waals surface area contributed by atoms with E-state index in [4.69, 9.17) is 4.74 Å². The maximum atomic E-state index is 12.8. The molecule has 2 saturated carbocycles. The largest absolute Gasteiger partial charge is 0.489 e. The Labute approximate surface area is 215 Å². The number of alkyl halides is 3. The Morgan fingerprint density at radius 1 is 0.778 bits per heavy atom. The highest BCUT2D eigenvalue weighted by Crippen LogP contribution is 2.45. The maximum absolute atomic E-state index is 12.8. The molecule has 2 aliphatic rings. The van der Waals surface area contributed by atoms with E-state index in [1.165, 1.54) is 87.5 Å². The highest BCUT2D eigenvalue weighted by molar-refractivity contribution is 5.39. The van der Waals surface area contributed by atoms with Gasteiger partial charge in [0.15, 0.2) is 0 Å². The van der Waals surface area contributed by atoms with E-state index < -0.39 is 11.7 Å². The van der Waals surface area contributed by atoms with Crippen LogP contribution in [0.4, 0.5) is 13.2 Å². The molecular formula is C32H43F3O.